The molecule has 3 N–H and O–H groups in total. The van der Waals surface area contributed by atoms with Crippen LogP contribution in [0.3, 0.4) is 0 Å². The van der Waals surface area contributed by atoms with Crippen LogP contribution >= 0.6 is 11.3 Å². The number of sulfonamides is 1. The maximum atomic E-state index is 14.0. The quantitative estimate of drug-likeness (QED) is 0.324. The average molecular weight is 641 g/mol. The van der Waals surface area contributed by atoms with Crippen LogP contribution < -0.4 is 16.0 Å². The molecule has 0 spiro atoms. The first-order valence-electron chi connectivity index (χ1n) is 14.4. The highest BCUT2D eigenvalue weighted by molar-refractivity contribution is 7.91. The van der Waals surface area contributed by atoms with Crippen LogP contribution in [-0.4, -0.2) is 85.1 Å². The van der Waals surface area contributed by atoms with E-state index < -0.39 is 33.6 Å². The van der Waals surface area contributed by atoms with Gasteiger partial charge in [0.15, 0.2) is 9.34 Å². The summed E-state index contributed by atoms with van der Waals surface area (Å²) < 4.78 is 56.5. The molecule has 0 saturated carbocycles. The summed E-state index contributed by atoms with van der Waals surface area (Å²) in [6, 6.07) is 2.21. The number of nitrogens with one attached hydrogen (secondary N) is 3. The van der Waals surface area contributed by atoms with Crippen molar-refractivity contribution >= 4 is 44.2 Å². The van der Waals surface area contributed by atoms with Gasteiger partial charge in [-0.2, -0.15) is 4.31 Å². The van der Waals surface area contributed by atoms with Gasteiger partial charge in [0.1, 0.15) is 11.6 Å². The molecule has 2 aliphatic rings. The number of piperazine rings is 1. The lowest BCUT2D eigenvalue weighted by molar-refractivity contribution is -0.129. The minimum absolute atomic E-state index is 0.0375. The third kappa shape index (κ3) is 8.55. The zero-order valence-corrected chi connectivity index (χ0v) is 26.1. The van der Waals surface area contributed by atoms with Crippen LogP contribution in [0.4, 0.5) is 13.9 Å². The van der Waals surface area contributed by atoms with Crippen LogP contribution in [0.2, 0.25) is 0 Å². The number of nitrogens with zero attached hydrogens (tertiary/aromatic N) is 3. The molecule has 2 unspecified atom stereocenters. The number of carbonyl (C=O) groups excluding carboxylic acids is 3. The van der Waals surface area contributed by atoms with Crippen molar-refractivity contribution in [1.29, 1.82) is 0 Å². The van der Waals surface area contributed by atoms with E-state index in [1.807, 2.05) is 6.92 Å². The molecular weight excluding hydrogens is 602 g/mol. The molecule has 2 aliphatic heterocycles. The van der Waals surface area contributed by atoms with E-state index in [9.17, 15) is 31.6 Å². The molecule has 0 bridgehead atoms. The number of likely N-dealkylation sites (tertiary alicyclic amines) is 1. The summed E-state index contributed by atoms with van der Waals surface area (Å²) in [6.07, 6.45) is 2.25. The number of benzene rings is 1. The van der Waals surface area contributed by atoms with E-state index in [0.29, 0.717) is 25.2 Å². The molecule has 15 heteroatoms. The van der Waals surface area contributed by atoms with Gasteiger partial charge >= 0.3 is 0 Å². The van der Waals surface area contributed by atoms with Crippen molar-refractivity contribution in [3.8, 4) is 0 Å². The highest BCUT2D eigenvalue weighted by atomic mass is 32.2. The number of unbranched alkanes of at least 4 members (excludes halogenated alkanes) is 1. The van der Waals surface area contributed by atoms with Crippen LogP contribution in [0.25, 0.3) is 0 Å². The molecular formula is C28H38F2N6O5S2. The number of hydrogen-bond donors (Lipinski definition) is 3. The second-order valence-corrected chi connectivity index (χ2v) is 14.2. The smallest absolute Gasteiger partial charge is 0.254 e. The Bertz CT molecular complexity index is 1430. The maximum absolute atomic E-state index is 14.0. The van der Waals surface area contributed by atoms with Crippen LogP contribution in [0.5, 0.6) is 0 Å². The van der Waals surface area contributed by atoms with Crippen molar-refractivity contribution in [2.24, 2.45) is 5.92 Å². The highest BCUT2D eigenvalue weighted by Crippen LogP contribution is 2.30. The Hall–Kier alpha value is -3.01. The Morgan fingerprint density at radius 3 is 2.60 bits per heavy atom. The van der Waals surface area contributed by atoms with Gasteiger partial charge in [0.25, 0.3) is 10.0 Å². The van der Waals surface area contributed by atoms with E-state index in [4.69, 9.17) is 0 Å². The van der Waals surface area contributed by atoms with E-state index in [2.05, 4.69) is 20.9 Å². The maximum Gasteiger partial charge on any atom is 0.254 e. The van der Waals surface area contributed by atoms with Crippen LogP contribution in [-0.2, 0) is 30.8 Å². The fourth-order valence-electron chi connectivity index (χ4n) is 5.50. The number of rotatable bonds is 12. The summed E-state index contributed by atoms with van der Waals surface area (Å²) in [5.74, 6) is -2.77. The van der Waals surface area contributed by atoms with E-state index in [-0.39, 0.29) is 71.2 Å². The number of hydrogen-bond acceptors (Lipinski definition) is 8. The van der Waals surface area contributed by atoms with Crippen LogP contribution in [0.1, 0.15) is 50.8 Å². The van der Waals surface area contributed by atoms with E-state index >= 15 is 0 Å². The Morgan fingerprint density at radius 1 is 1.21 bits per heavy atom. The number of aryl methyl sites for hydroxylation is 1. The van der Waals surface area contributed by atoms with Gasteiger partial charge in [-0.15, -0.1) is 0 Å². The zero-order chi connectivity index (χ0) is 31.3. The molecule has 11 nitrogen and oxygen atoms in total. The molecule has 2 saturated heterocycles. The summed E-state index contributed by atoms with van der Waals surface area (Å²) in [6.45, 7) is 6.45. The topological polar surface area (TPSA) is 141 Å². The first-order chi connectivity index (χ1) is 20.3. The van der Waals surface area contributed by atoms with E-state index in [1.165, 1.54) is 23.4 Å². The third-order valence-corrected chi connectivity index (χ3v) is 11.0. The Morgan fingerprint density at radius 2 is 1.93 bits per heavy atom. The predicted octanol–water partition coefficient (Wildman–Crippen LogP) is 2.42. The fourth-order valence-corrected chi connectivity index (χ4v) is 8.58. The lowest BCUT2D eigenvalue weighted by atomic mass is 9.97. The number of aromatic nitrogens is 1. The van der Waals surface area contributed by atoms with Crippen molar-refractivity contribution in [1.82, 2.24) is 24.8 Å². The molecule has 2 fully saturated rings. The molecule has 43 heavy (non-hydrogen) atoms. The molecule has 4 rings (SSSR count). The van der Waals surface area contributed by atoms with Gasteiger partial charge < -0.3 is 20.9 Å². The molecule has 2 aromatic rings. The predicted molar refractivity (Wildman–Crippen MR) is 158 cm³/mol. The second kappa shape index (κ2) is 14.2. The van der Waals surface area contributed by atoms with Gasteiger partial charge in [-0.25, -0.2) is 22.2 Å². The summed E-state index contributed by atoms with van der Waals surface area (Å²) in [5, 5.41) is 9.00. The van der Waals surface area contributed by atoms with Crippen molar-refractivity contribution in [3.05, 3.63) is 41.1 Å². The first-order valence-corrected chi connectivity index (χ1v) is 16.6. The van der Waals surface area contributed by atoms with Gasteiger partial charge in [0, 0.05) is 64.2 Å². The molecule has 3 atom stereocenters. The first kappa shape index (κ1) is 32.9. The minimum Gasteiger partial charge on any atom is -0.353 e. The second-order valence-electron chi connectivity index (χ2n) is 11.1. The summed E-state index contributed by atoms with van der Waals surface area (Å²) in [5.41, 5.74) is 0.627. The Kier molecular flexibility index (Phi) is 10.8. The van der Waals surface area contributed by atoms with Gasteiger partial charge in [-0.3, -0.25) is 14.4 Å². The number of amides is 3. The highest BCUT2D eigenvalue weighted by Gasteiger charge is 2.37. The summed E-state index contributed by atoms with van der Waals surface area (Å²) >= 11 is 0.883. The van der Waals surface area contributed by atoms with Crippen LogP contribution in [0, 0.1) is 24.5 Å². The van der Waals surface area contributed by atoms with Crippen molar-refractivity contribution in [2.75, 3.05) is 38.0 Å². The molecule has 3 heterocycles. The largest absolute Gasteiger partial charge is 0.353 e. The van der Waals surface area contributed by atoms with Gasteiger partial charge in [0.05, 0.1) is 11.6 Å². The van der Waals surface area contributed by atoms with Gasteiger partial charge in [0.2, 0.25) is 17.7 Å². The van der Waals surface area contributed by atoms with Gasteiger partial charge in [-0.1, -0.05) is 24.7 Å². The molecule has 0 radical (unpaired) electrons. The van der Waals surface area contributed by atoms with E-state index in [1.54, 1.807) is 11.8 Å². The normalized spacial score (nSPS) is 20.3. The van der Waals surface area contributed by atoms with Crippen molar-refractivity contribution < 1.29 is 31.6 Å². The van der Waals surface area contributed by atoms with Gasteiger partial charge in [-0.05, 0) is 43.9 Å². The average Bonchev–Trinajstić information content (AvgIpc) is 3.48. The molecule has 0 aliphatic carbocycles. The molecule has 1 aromatic heterocycles. The van der Waals surface area contributed by atoms with Crippen molar-refractivity contribution in [2.45, 2.75) is 69.2 Å². The van der Waals surface area contributed by atoms with E-state index in [0.717, 1.165) is 30.2 Å². The molecule has 1 aromatic carbocycles. The SMILES string of the molecule is CCCCN1CC(C(=O)NC(Cc2cc(F)cc(F)c2)C[C@H]2CN(S(=O)(=O)c3sc(NC(C)=O)nc3C)CCN2)CC1=O. The lowest BCUT2D eigenvalue weighted by Gasteiger charge is -2.35. The summed E-state index contributed by atoms with van der Waals surface area (Å²) in [4.78, 5) is 43.1. The van der Waals surface area contributed by atoms with Crippen LogP contribution in [0.15, 0.2) is 22.4 Å². The number of halogens is 2. The fraction of sp³-hybridized carbons (Fsp3) is 0.571. The number of thiazole rings is 1. The number of anilines is 1. The zero-order valence-electron chi connectivity index (χ0n) is 24.5. The molecule has 3 amide bonds. The minimum atomic E-state index is -3.93. The monoisotopic (exact) mass is 640 g/mol. The molecule has 236 valence electrons. The summed E-state index contributed by atoms with van der Waals surface area (Å²) in [7, 11) is -3.93. The van der Waals surface area contributed by atoms with Crippen molar-refractivity contribution in [3.63, 3.8) is 0 Å². The third-order valence-electron chi connectivity index (χ3n) is 7.52. The lowest BCUT2D eigenvalue weighted by Crippen LogP contribution is -2.55. The Labute approximate surface area is 254 Å². The number of carbonyl (C=O) groups is 3. The Balaban J connectivity index is 1.49. The standard InChI is InChI=1S/C28H38F2N6O5S2/c1-4-5-7-35-15-20(12-25(35)38)26(39)34-23(11-19-9-21(29)13-22(30)10-19)14-24-16-36(8-6-31-24)43(40,41)27-17(2)32-28(42-27)33-18(3)37/h9-10,13,20,23-24,31H,4-8,11-12,14-16H2,1-3H3,(H,34,39)(H,32,33,37)/t20?,23?,24-/m0/s1.